The zero-order valence-corrected chi connectivity index (χ0v) is 15.5. The van der Waals surface area contributed by atoms with Crippen LogP contribution in [0.25, 0.3) is 0 Å². The first kappa shape index (κ1) is 16.7. The minimum Gasteiger partial charge on any atom is -0.316 e. The first-order valence-corrected chi connectivity index (χ1v) is 8.92. The molecule has 1 unspecified atom stereocenters. The SMILES string of the molecule is CNC(Cc1ccc(Br)cc1)Cc1nc(C(C)(C)C)cs1. The van der Waals surface area contributed by atoms with Crippen LogP contribution in [0.3, 0.4) is 0 Å². The molecule has 0 radical (unpaired) electrons. The topological polar surface area (TPSA) is 24.9 Å². The van der Waals surface area contributed by atoms with Crippen molar-refractivity contribution in [2.45, 2.75) is 45.1 Å². The summed E-state index contributed by atoms with van der Waals surface area (Å²) in [5.41, 5.74) is 2.68. The third-order valence-corrected chi connectivity index (χ3v) is 4.94. The number of thiazole rings is 1. The maximum absolute atomic E-state index is 4.80. The second-order valence-electron chi connectivity index (χ2n) is 6.40. The largest absolute Gasteiger partial charge is 0.316 e. The fraction of sp³-hybridized carbons (Fsp3) is 0.471. The molecule has 2 rings (SSSR count). The highest BCUT2D eigenvalue weighted by atomic mass is 79.9. The van der Waals surface area contributed by atoms with Crippen LogP contribution >= 0.6 is 27.3 Å². The van der Waals surface area contributed by atoms with Crippen molar-refractivity contribution in [1.29, 1.82) is 0 Å². The average Bonchev–Trinajstić information content (AvgIpc) is 2.89. The van der Waals surface area contributed by atoms with E-state index in [1.165, 1.54) is 16.3 Å². The fourth-order valence-electron chi connectivity index (χ4n) is 2.14. The smallest absolute Gasteiger partial charge is 0.0944 e. The number of halogens is 1. The lowest BCUT2D eigenvalue weighted by molar-refractivity contribution is 0.544. The molecule has 2 aromatic rings. The maximum Gasteiger partial charge on any atom is 0.0944 e. The van der Waals surface area contributed by atoms with Gasteiger partial charge < -0.3 is 5.32 Å². The van der Waals surface area contributed by atoms with E-state index in [1.807, 2.05) is 7.05 Å². The number of likely N-dealkylation sites (N-methyl/N-ethyl adjacent to an activating group) is 1. The zero-order valence-electron chi connectivity index (χ0n) is 13.1. The maximum atomic E-state index is 4.80. The highest BCUT2D eigenvalue weighted by Crippen LogP contribution is 2.24. The first-order chi connectivity index (χ1) is 9.88. The van der Waals surface area contributed by atoms with Gasteiger partial charge in [0.25, 0.3) is 0 Å². The van der Waals surface area contributed by atoms with Gasteiger partial charge in [0.05, 0.1) is 10.7 Å². The molecule has 1 aromatic heterocycles. The number of aromatic nitrogens is 1. The van der Waals surface area contributed by atoms with E-state index in [-0.39, 0.29) is 5.41 Å². The Morgan fingerprint density at radius 3 is 2.38 bits per heavy atom. The van der Waals surface area contributed by atoms with E-state index in [0.717, 1.165) is 17.3 Å². The van der Waals surface area contributed by atoms with Crippen LogP contribution < -0.4 is 5.32 Å². The molecular formula is C17H23BrN2S. The monoisotopic (exact) mass is 366 g/mol. The summed E-state index contributed by atoms with van der Waals surface area (Å²) in [4.78, 5) is 4.80. The van der Waals surface area contributed by atoms with E-state index in [4.69, 9.17) is 4.98 Å². The lowest BCUT2D eigenvalue weighted by atomic mass is 9.93. The molecular weight excluding hydrogens is 344 g/mol. The van der Waals surface area contributed by atoms with Gasteiger partial charge >= 0.3 is 0 Å². The average molecular weight is 367 g/mol. The van der Waals surface area contributed by atoms with Crippen LogP contribution in [-0.2, 0) is 18.3 Å². The number of nitrogens with zero attached hydrogens (tertiary/aromatic N) is 1. The molecule has 0 amide bonds. The van der Waals surface area contributed by atoms with Gasteiger partial charge in [-0.25, -0.2) is 4.98 Å². The molecule has 1 heterocycles. The van der Waals surface area contributed by atoms with Gasteiger partial charge in [-0.1, -0.05) is 48.8 Å². The van der Waals surface area contributed by atoms with E-state index in [1.54, 1.807) is 11.3 Å². The summed E-state index contributed by atoms with van der Waals surface area (Å²) < 4.78 is 1.13. The van der Waals surface area contributed by atoms with Crippen LogP contribution in [0.2, 0.25) is 0 Å². The van der Waals surface area contributed by atoms with E-state index < -0.39 is 0 Å². The van der Waals surface area contributed by atoms with E-state index in [2.05, 4.69) is 71.7 Å². The predicted octanol–water partition coefficient (Wildman–Crippen LogP) is 4.58. The molecule has 4 heteroatoms. The third kappa shape index (κ3) is 4.90. The summed E-state index contributed by atoms with van der Waals surface area (Å²) in [6.45, 7) is 6.63. The minimum absolute atomic E-state index is 0.135. The highest BCUT2D eigenvalue weighted by Gasteiger charge is 2.18. The number of hydrogen-bond donors (Lipinski definition) is 1. The molecule has 0 fully saturated rings. The van der Waals surface area contributed by atoms with Gasteiger partial charge in [0, 0.05) is 27.7 Å². The molecule has 0 saturated heterocycles. The van der Waals surface area contributed by atoms with Crippen molar-refractivity contribution in [2.24, 2.45) is 0 Å². The van der Waals surface area contributed by atoms with Crippen LogP contribution in [0, 0.1) is 0 Å². The molecule has 0 bridgehead atoms. The van der Waals surface area contributed by atoms with Gasteiger partial charge in [-0.3, -0.25) is 0 Å². The first-order valence-electron chi connectivity index (χ1n) is 7.25. The van der Waals surface area contributed by atoms with Crippen LogP contribution in [0.1, 0.15) is 37.0 Å². The van der Waals surface area contributed by atoms with E-state index >= 15 is 0 Å². The van der Waals surface area contributed by atoms with Crippen molar-refractivity contribution in [1.82, 2.24) is 10.3 Å². The van der Waals surface area contributed by atoms with Gasteiger partial charge in [-0.2, -0.15) is 0 Å². The van der Waals surface area contributed by atoms with Gasteiger partial charge in [0.2, 0.25) is 0 Å². The molecule has 0 aliphatic carbocycles. The molecule has 2 nitrogen and oxygen atoms in total. The molecule has 0 aliphatic heterocycles. The number of hydrogen-bond acceptors (Lipinski definition) is 3. The summed E-state index contributed by atoms with van der Waals surface area (Å²) >= 11 is 5.25. The molecule has 21 heavy (non-hydrogen) atoms. The number of rotatable bonds is 5. The lowest BCUT2D eigenvalue weighted by Crippen LogP contribution is -2.30. The van der Waals surface area contributed by atoms with Crippen LogP contribution in [-0.4, -0.2) is 18.1 Å². The lowest BCUT2D eigenvalue weighted by Gasteiger charge is -2.16. The Morgan fingerprint density at radius 2 is 1.86 bits per heavy atom. The molecule has 0 spiro atoms. The Bertz CT molecular complexity index is 569. The Labute approximate surface area is 140 Å². The van der Waals surface area contributed by atoms with Crippen molar-refractivity contribution < 1.29 is 0 Å². The minimum atomic E-state index is 0.135. The van der Waals surface area contributed by atoms with Gasteiger partial charge in [0.15, 0.2) is 0 Å². The molecule has 1 atom stereocenters. The summed E-state index contributed by atoms with van der Waals surface area (Å²) in [7, 11) is 2.03. The van der Waals surface area contributed by atoms with Gasteiger partial charge in [0.1, 0.15) is 0 Å². The summed E-state index contributed by atoms with van der Waals surface area (Å²) in [6, 6.07) is 8.98. The summed E-state index contributed by atoms with van der Waals surface area (Å²) in [5.74, 6) is 0. The Hall–Kier alpha value is -0.710. The van der Waals surface area contributed by atoms with Crippen LogP contribution in [0.4, 0.5) is 0 Å². The van der Waals surface area contributed by atoms with Crippen molar-refractivity contribution in [3.8, 4) is 0 Å². The molecule has 0 aliphatic rings. The number of nitrogens with one attached hydrogen (secondary N) is 1. The van der Waals surface area contributed by atoms with Crippen molar-refractivity contribution in [2.75, 3.05) is 7.05 Å². The van der Waals surface area contributed by atoms with Crippen LogP contribution in [0.15, 0.2) is 34.1 Å². The van der Waals surface area contributed by atoms with Crippen molar-refractivity contribution in [3.05, 3.63) is 50.4 Å². The number of benzene rings is 1. The van der Waals surface area contributed by atoms with E-state index in [9.17, 15) is 0 Å². The molecule has 114 valence electrons. The van der Waals surface area contributed by atoms with E-state index in [0.29, 0.717) is 6.04 Å². The second kappa shape index (κ2) is 7.03. The summed E-state index contributed by atoms with van der Waals surface area (Å²) in [6.07, 6.45) is 2.00. The quantitative estimate of drug-likeness (QED) is 0.837. The Kier molecular flexibility index (Phi) is 5.58. The Balaban J connectivity index is 2.02. The van der Waals surface area contributed by atoms with Gasteiger partial charge in [-0.15, -0.1) is 11.3 Å². The van der Waals surface area contributed by atoms with Gasteiger partial charge in [-0.05, 0) is 31.2 Å². The highest BCUT2D eigenvalue weighted by molar-refractivity contribution is 9.10. The van der Waals surface area contributed by atoms with Crippen molar-refractivity contribution >= 4 is 27.3 Å². The predicted molar refractivity (Wildman–Crippen MR) is 95.2 cm³/mol. The molecule has 1 N–H and O–H groups in total. The van der Waals surface area contributed by atoms with Crippen LogP contribution in [0.5, 0.6) is 0 Å². The third-order valence-electron chi connectivity index (χ3n) is 3.54. The normalized spacial score (nSPS) is 13.4. The standard InChI is InChI=1S/C17H23BrN2S/c1-17(2,3)15-11-21-16(20-15)10-14(19-4)9-12-5-7-13(18)8-6-12/h5-8,11,14,19H,9-10H2,1-4H3. The van der Waals surface area contributed by atoms with Crippen molar-refractivity contribution in [3.63, 3.8) is 0 Å². The molecule has 1 aromatic carbocycles. The second-order valence-corrected chi connectivity index (χ2v) is 8.26. The summed E-state index contributed by atoms with van der Waals surface area (Å²) in [5, 5.41) is 6.83. The zero-order chi connectivity index (χ0) is 15.5. The Morgan fingerprint density at radius 1 is 1.19 bits per heavy atom. The molecule has 0 saturated carbocycles. The fourth-order valence-corrected chi connectivity index (χ4v) is 3.51.